The summed E-state index contributed by atoms with van der Waals surface area (Å²) < 4.78 is 10.7. The Labute approximate surface area is 90.4 Å². The van der Waals surface area contributed by atoms with Crippen LogP contribution >= 0.6 is 8.45 Å². The summed E-state index contributed by atoms with van der Waals surface area (Å²) in [6.45, 7) is 15.9. The first-order chi connectivity index (χ1) is 6.74. The van der Waals surface area contributed by atoms with E-state index in [4.69, 9.17) is 4.52 Å². The van der Waals surface area contributed by atoms with Gasteiger partial charge < -0.3 is 4.52 Å². The molecule has 0 rings (SSSR count). The third-order valence-corrected chi connectivity index (χ3v) is 4.78. The fourth-order valence-corrected chi connectivity index (χ4v) is 3.27. The Morgan fingerprint density at radius 2 is 1.14 bits per heavy atom. The van der Waals surface area contributed by atoms with Crippen molar-refractivity contribution in [2.45, 2.75) is 34.6 Å². The Morgan fingerprint density at radius 1 is 0.786 bits per heavy atom. The molecular formula is C10H25N2OP. The molecule has 0 aromatic heterocycles. The number of rotatable bonds is 8. The summed E-state index contributed by atoms with van der Waals surface area (Å²) in [5.41, 5.74) is 0. The van der Waals surface area contributed by atoms with Crippen LogP contribution in [0.1, 0.15) is 34.6 Å². The first kappa shape index (κ1) is 14.3. The van der Waals surface area contributed by atoms with E-state index < -0.39 is 8.45 Å². The molecule has 0 aromatic rings. The molecule has 4 heteroatoms. The van der Waals surface area contributed by atoms with Crippen LogP contribution in [0.5, 0.6) is 0 Å². The van der Waals surface area contributed by atoms with Crippen molar-refractivity contribution in [3.8, 4) is 0 Å². The number of hydrogen-bond donors (Lipinski definition) is 0. The van der Waals surface area contributed by atoms with E-state index in [2.05, 4.69) is 44.0 Å². The molecule has 0 aliphatic rings. The second-order valence-corrected chi connectivity index (χ2v) is 4.84. The SMILES string of the molecule is CCOP(N(CC)CC)N(CC)CC. The first-order valence-corrected chi connectivity index (χ1v) is 6.84. The lowest BCUT2D eigenvalue weighted by atomic mass is 10.7. The largest absolute Gasteiger partial charge is 0.332 e. The summed E-state index contributed by atoms with van der Waals surface area (Å²) in [7, 11) is -0.521. The fourth-order valence-electron chi connectivity index (χ4n) is 1.39. The lowest BCUT2D eigenvalue weighted by molar-refractivity contribution is 0.278. The van der Waals surface area contributed by atoms with Gasteiger partial charge in [-0.2, -0.15) is 0 Å². The average Bonchev–Trinajstić information content (AvgIpc) is 2.21. The Hall–Kier alpha value is 0.310. The van der Waals surface area contributed by atoms with Crippen molar-refractivity contribution < 1.29 is 4.52 Å². The summed E-state index contributed by atoms with van der Waals surface area (Å²) >= 11 is 0. The van der Waals surface area contributed by atoms with E-state index in [-0.39, 0.29) is 0 Å². The van der Waals surface area contributed by atoms with Gasteiger partial charge in [0.25, 0.3) is 0 Å². The highest BCUT2D eigenvalue weighted by Gasteiger charge is 2.22. The Kier molecular flexibility index (Phi) is 8.80. The highest BCUT2D eigenvalue weighted by molar-refractivity contribution is 7.47. The fraction of sp³-hybridized carbons (Fsp3) is 1.00. The zero-order valence-corrected chi connectivity index (χ0v) is 11.2. The molecule has 0 N–H and O–H groups in total. The molecule has 0 heterocycles. The second-order valence-electron chi connectivity index (χ2n) is 2.95. The third kappa shape index (κ3) is 4.22. The zero-order valence-electron chi connectivity index (χ0n) is 10.3. The average molecular weight is 220 g/mol. The molecule has 0 radical (unpaired) electrons. The van der Waals surface area contributed by atoms with Gasteiger partial charge in [-0.15, -0.1) is 0 Å². The van der Waals surface area contributed by atoms with E-state index in [9.17, 15) is 0 Å². The lowest BCUT2D eigenvalue weighted by Crippen LogP contribution is -2.29. The second kappa shape index (κ2) is 8.60. The summed E-state index contributed by atoms with van der Waals surface area (Å²) in [6.07, 6.45) is 0. The van der Waals surface area contributed by atoms with Crippen molar-refractivity contribution in [1.82, 2.24) is 9.34 Å². The lowest BCUT2D eigenvalue weighted by Gasteiger charge is -2.35. The minimum Gasteiger partial charge on any atom is -0.332 e. The highest BCUT2D eigenvalue weighted by Crippen LogP contribution is 2.44. The first-order valence-electron chi connectivity index (χ1n) is 5.67. The molecule has 0 saturated heterocycles. The van der Waals surface area contributed by atoms with Gasteiger partial charge in [0, 0.05) is 26.2 Å². The van der Waals surface area contributed by atoms with Crippen molar-refractivity contribution in [3.05, 3.63) is 0 Å². The normalized spacial score (nSPS) is 12.0. The van der Waals surface area contributed by atoms with Crippen molar-refractivity contribution in [3.63, 3.8) is 0 Å². The summed E-state index contributed by atoms with van der Waals surface area (Å²) in [4.78, 5) is 0. The van der Waals surface area contributed by atoms with Gasteiger partial charge in [0.1, 0.15) is 0 Å². The molecule has 3 nitrogen and oxygen atoms in total. The van der Waals surface area contributed by atoms with E-state index in [0.29, 0.717) is 0 Å². The van der Waals surface area contributed by atoms with E-state index in [0.717, 1.165) is 32.8 Å². The maximum Gasteiger partial charge on any atom is 0.187 e. The topological polar surface area (TPSA) is 15.7 Å². The molecule has 0 spiro atoms. The minimum atomic E-state index is -0.521. The predicted octanol–water partition coefficient (Wildman–Crippen LogP) is 2.93. The molecule has 0 amide bonds. The number of nitrogens with zero attached hydrogens (tertiary/aromatic N) is 2. The maximum atomic E-state index is 5.85. The molecule has 0 fully saturated rings. The maximum absolute atomic E-state index is 5.85. The van der Waals surface area contributed by atoms with Crippen LogP contribution in [0.25, 0.3) is 0 Å². The van der Waals surface area contributed by atoms with Crippen LogP contribution < -0.4 is 0 Å². The Bertz CT molecular complexity index is 115. The standard InChI is InChI=1S/C10H25N2OP/c1-6-11(7-2)14(13-10-5)12(8-3)9-4/h6-10H2,1-5H3. The van der Waals surface area contributed by atoms with E-state index in [1.54, 1.807) is 0 Å². The molecule has 0 bridgehead atoms. The molecule has 0 aliphatic heterocycles. The Balaban J connectivity index is 4.36. The van der Waals surface area contributed by atoms with Crippen LogP contribution in [0.3, 0.4) is 0 Å². The van der Waals surface area contributed by atoms with Gasteiger partial charge in [-0.25, -0.2) is 9.34 Å². The molecule has 0 aromatic carbocycles. The monoisotopic (exact) mass is 220 g/mol. The van der Waals surface area contributed by atoms with Crippen molar-refractivity contribution in [2.24, 2.45) is 0 Å². The zero-order chi connectivity index (χ0) is 11.0. The van der Waals surface area contributed by atoms with Gasteiger partial charge in [0.2, 0.25) is 0 Å². The van der Waals surface area contributed by atoms with Gasteiger partial charge in [0.15, 0.2) is 8.45 Å². The summed E-state index contributed by atoms with van der Waals surface area (Å²) in [6, 6.07) is 0. The smallest absolute Gasteiger partial charge is 0.187 e. The molecule has 0 atom stereocenters. The van der Waals surface area contributed by atoms with Crippen LogP contribution in [0, 0.1) is 0 Å². The quantitative estimate of drug-likeness (QED) is 0.585. The van der Waals surface area contributed by atoms with Crippen LogP contribution in [-0.2, 0) is 4.52 Å². The van der Waals surface area contributed by atoms with E-state index in [1.807, 2.05) is 0 Å². The summed E-state index contributed by atoms with van der Waals surface area (Å²) in [5, 5.41) is 0. The molecule has 86 valence electrons. The van der Waals surface area contributed by atoms with Crippen LogP contribution in [0.4, 0.5) is 0 Å². The van der Waals surface area contributed by atoms with Crippen LogP contribution in [0.2, 0.25) is 0 Å². The van der Waals surface area contributed by atoms with Gasteiger partial charge in [-0.05, 0) is 6.92 Å². The van der Waals surface area contributed by atoms with Crippen molar-refractivity contribution in [2.75, 3.05) is 32.8 Å². The van der Waals surface area contributed by atoms with E-state index in [1.165, 1.54) is 0 Å². The van der Waals surface area contributed by atoms with E-state index >= 15 is 0 Å². The van der Waals surface area contributed by atoms with Gasteiger partial charge >= 0.3 is 0 Å². The molecule has 14 heavy (non-hydrogen) atoms. The molecule has 0 unspecified atom stereocenters. The highest BCUT2D eigenvalue weighted by atomic mass is 31.2. The Morgan fingerprint density at radius 3 is 1.36 bits per heavy atom. The van der Waals surface area contributed by atoms with Crippen LogP contribution in [-0.4, -0.2) is 42.1 Å². The molecular weight excluding hydrogens is 195 g/mol. The molecule has 0 aliphatic carbocycles. The van der Waals surface area contributed by atoms with Gasteiger partial charge in [-0.3, -0.25) is 0 Å². The van der Waals surface area contributed by atoms with Gasteiger partial charge in [-0.1, -0.05) is 27.7 Å². The number of hydrogen-bond acceptors (Lipinski definition) is 3. The van der Waals surface area contributed by atoms with Crippen molar-refractivity contribution >= 4 is 8.45 Å². The minimum absolute atomic E-state index is 0.521. The van der Waals surface area contributed by atoms with Crippen LogP contribution in [0.15, 0.2) is 0 Å². The molecule has 0 saturated carbocycles. The van der Waals surface area contributed by atoms with Crippen molar-refractivity contribution in [1.29, 1.82) is 0 Å². The third-order valence-electron chi connectivity index (χ3n) is 2.19. The van der Waals surface area contributed by atoms with Gasteiger partial charge in [0.05, 0.1) is 6.61 Å². The summed E-state index contributed by atoms with van der Waals surface area (Å²) in [5.74, 6) is 0. The predicted molar refractivity (Wildman–Crippen MR) is 64.4 cm³/mol.